The summed E-state index contributed by atoms with van der Waals surface area (Å²) < 4.78 is 0. The molecule has 3 rings (SSSR count). The van der Waals surface area contributed by atoms with Crippen molar-refractivity contribution < 1.29 is 0 Å². The number of H-pyrrole nitrogens is 1. The number of allylic oxidation sites excluding steroid dienone is 2. The van der Waals surface area contributed by atoms with Crippen molar-refractivity contribution in [2.45, 2.75) is 26.2 Å². The van der Waals surface area contributed by atoms with Gasteiger partial charge in [0.1, 0.15) is 5.65 Å². The summed E-state index contributed by atoms with van der Waals surface area (Å²) in [5.74, 6) is 0.585. The van der Waals surface area contributed by atoms with Crippen LogP contribution in [-0.4, -0.2) is 9.97 Å². The molecule has 0 fully saturated rings. The number of fused-ring (bicyclic) bond motifs is 1. The van der Waals surface area contributed by atoms with E-state index < -0.39 is 0 Å². The highest BCUT2D eigenvalue weighted by molar-refractivity contribution is 6.33. The van der Waals surface area contributed by atoms with Crippen LogP contribution in [0.25, 0.3) is 16.6 Å². The molecule has 0 bridgehead atoms. The third-order valence-corrected chi connectivity index (χ3v) is 3.85. The number of halogens is 1. The van der Waals surface area contributed by atoms with Gasteiger partial charge in [-0.2, -0.15) is 0 Å². The number of aromatic nitrogens is 2. The van der Waals surface area contributed by atoms with Crippen LogP contribution in [0.2, 0.25) is 5.02 Å². The lowest BCUT2D eigenvalue weighted by Crippen LogP contribution is -2.04. The molecule has 2 aromatic rings. The van der Waals surface area contributed by atoms with Gasteiger partial charge in [-0.15, -0.1) is 0 Å². The first-order valence-electron chi connectivity index (χ1n) is 6.09. The van der Waals surface area contributed by atoms with Crippen molar-refractivity contribution in [1.82, 2.24) is 9.97 Å². The maximum atomic E-state index is 6.34. The van der Waals surface area contributed by atoms with Crippen molar-refractivity contribution in [1.29, 1.82) is 0 Å². The molecule has 0 aliphatic heterocycles. The largest absolute Gasteiger partial charge is 0.346 e. The van der Waals surface area contributed by atoms with E-state index in [0.717, 1.165) is 22.5 Å². The second-order valence-corrected chi connectivity index (χ2v) is 5.12. The molecule has 2 nitrogen and oxygen atoms in total. The van der Waals surface area contributed by atoms with Crippen LogP contribution in [0, 0.1) is 5.92 Å². The first kappa shape index (κ1) is 10.8. The third-order valence-electron chi connectivity index (χ3n) is 3.57. The fourth-order valence-corrected chi connectivity index (χ4v) is 2.92. The molecule has 88 valence electrons. The van der Waals surface area contributed by atoms with Gasteiger partial charge >= 0.3 is 0 Å². The fourth-order valence-electron chi connectivity index (χ4n) is 2.66. The predicted octanol–water partition coefficient (Wildman–Crippen LogP) is 4.42. The zero-order valence-corrected chi connectivity index (χ0v) is 10.6. The Kier molecular flexibility index (Phi) is 2.67. The molecule has 0 saturated carbocycles. The maximum Gasteiger partial charge on any atom is 0.137 e. The fraction of sp³-hybridized carbons (Fsp3) is 0.357. The van der Waals surface area contributed by atoms with E-state index in [2.05, 4.69) is 29.0 Å². The highest BCUT2D eigenvalue weighted by Gasteiger charge is 2.19. The van der Waals surface area contributed by atoms with Crippen molar-refractivity contribution in [3.05, 3.63) is 35.1 Å². The minimum atomic E-state index is 0.585. The second kappa shape index (κ2) is 4.19. The summed E-state index contributed by atoms with van der Waals surface area (Å²) in [5.41, 5.74) is 3.47. The van der Waals surface area contributed by atoms with Crippen molar-refractivity contribution in [2.24, 2.45) is 5.92 Å². The molecule has 1 N–H and O–H groups in total. The van der Waals surface area contributed by atoms with Crippen LogP contribution >= 0.6 is 11.6 Å². The lowest BCUT2D eigenvalue weighted by molar-refractivity contribution is 0.602. The van der Waals surface area contributed by atoms with Crippen LogP contribution < -0.4 is 0 Å². The molecule has 0 aromatic carbocycles. The Bertz CT molecular complexity index is 583. The zero-order chi connectivity index (χ0) is 11.8. The average molecular weight is 247 g/mol. The predicted molar refractivity (Wildman–Crippen MR) is 72.1 cm³/mol. The van der Waals surface area contributed by atoms with Gasteiger partial charge in [0.15, 0.2) is 0 Å². The summed E-state index contributed by atoms with van der Waals surface area (Å²) in [6.45, 7) is 2.28. The molecule has 1 unspecified atom stereocenters. The highest BCUT2D eigenvalue weighted by Crippen LogP contribution is 2.38. The van der Waals surface area contributed by atoms with Crippen molar-refractivity contribution in [3.8, 4) is 0 Å². The van der Waals surface area contributed by atoms with Gasteiger partial charge in [-0.05, 0) is 36.8 Å². The minimum absolute atomic E-state index is 0.585. The number of hydrogen-bond acceptors (Lipinski definition) is 1. The number of rotatable bonds is 1. The molecule has 1 atom stereocenters. The van der Waals surface area contributed by atoms with Gasteiger partial charge < -0.3 is 4.98 Å². The normalized spacial score (nSPS) is 20.6. The summed E-state index contributed by atoms with van der Waals surface area (Å²) in [7, 11) is 0. The molecular weight excluding hydrogens is 232 g/mol. The van der Waals surface area contributed by atoms with E-state index in [1.165, 1.54) is 24.0 Å². The van der Waals surface area contributed by atoms with E-state index in [9.17, 15) is 0 Å². The molecule has 2 aromatic heterocycles. The Labute approximate surface area is 106 Å². The third kappa shape index (κ3) is 1.77. The number of hydrogen-bond donors (Lipinski definition) is 1. The SMILES string of the molecule is CC1CCCC=C1c1c(Cl)cnc2[nH]ccc12. The van der Waals surface area contributed by atoms with Crippen LogP contribution in [0.4, 0.5) is 0 Å². The monoisotopic (exact) mass is 246 g/mol. The molecule has 1 aliphatic rings. The first-order valence-corrected chi connectivity index (χ1v) is 6.47. The second-order valence-electron chi connectivity index (χ2n) is 4.71. The van der Waals surface area contributed by atoms with Gasteiger partial charge in [-0.25, -0.2) is 4.98 Å². The van der Waals surface area contributed by atoms with Crippen molar-refractivity contribution >= 4 is 28.2 Å². The summed E-state index contributed by atoms with van der Waals surface area (Å²) in [6.07, 6.45) is 9.69. The summed E-state index contributed by atoms with van der Waals surface area (Å²) >= 11 is 6.34. The first-order chi connectivity index (χ1) is 8.27. The summed E-state index contributed by atoms with van der Waals surface area (Å²) in [6, 6.07) is 2.06. The Hall–Kier alpha value is -1.28. The molecule has 0 amide bonds. The minimum Gasteiger partial charge on any atom is -0.346 e. The van der Waals surface area contributed by atoms with Crippen LogP contribution in [0.3, 0.4) is 0 Å². The Morgan fingerprint density at radius 2 is 2.35 bits per heavy atom. The van der Waals surface area contributed by atoms with E-state index in [1.807, 2.05) is 6.20 Å². The molecular formula is C14H15ClN2. The number of aromatic amines is 1. The van der Waals surface area contributed by atoms with Gasteiger partial charge in [-0.3, -0.25) is 0 Å². The molecule has 0 spiro atoms. The van der Waals surface area contributed by atoms with Gasteiger partial charge in [0.05, 0.1) is 5.02 Å². The van der Waals surface area contributed by atoms with E-state index >= 15 is 0 Å². The van der Waals surface area contributed by atoms with E-state index in [4.69, 9.17) is 11.6 Å². The lowest BCUT2D eigenvalue weighted by Gasteiger charge is -2.22. The smallest absolute Gasteiger partial charge is 0.137 e. The van der Waals surface area contributed by atoms with Crippen LogP contribution in [0.15, 0.2) is 24.5 Å². The molecule has 2 heterocycles. The van der Waals surface area contributed by atoms with E-state index in [0.29, 0.717) is 5.92 Å². The van der Waals surface area contributed by atoms with Gasteiger partial charge in [0.2, 0.25) is 0 Å². The molecule has 1 aliphatic carbocycles. The molecule has 0 radical (unpaired) electrons. The Morgan fingerprint density at radius 3 is 3.18 bits per heavy atom. The quantitative estimate of drug-likeness (QED) is 0.793. The average Bonchev–Trinajstić information content (AvgIpc) is 2.79. The standard InChI is InChI=1S/C14H15ClN2/c1-9-4-2-3-5-10(9)13-11-6-7-16-14(11)17-8-12(13)15/h5-9H,2-4H2,1H3,(H,16,17). The van der Waals surface area contributed by atoms with E-state index in [-0.39, 0.29) is 0 Å². The van der Waals surface area contributed by atoms with Crippen molar-refractivity contribution in [3.63, 3.8) is 0 Å². The molecule has 3 heteroatoms. The van der Waals surface area contributed by atoms with Crippen molar-refractivity contribution in [2.75, 3.05) is 0 Å². The zero-order valence-electron chi connectivity index (χ0n) is 9.83. The van der Waals surface area contributed by atoms with Crippen LogP contribution in [-0.2, 0) is 0 Å². The van der Waals surface area contributed by atoms with Gasteiger partial charge in [0.25, 0.3) is 0 Å². The van der Waals surface area contributed by atoms with Crippen LogP contribution in [0.1, 0.15) is 31.7 Å². The number of pyridine rings is 1. The van der Waals surface area contributed by atoms with Gasteiger partial charge in [-0.1, -0.05) is 24.6 Å². The Morgan fingerprint density at radius 1 is 1.47 bits per heavy atom. The molecule has 0 saturated heterocycles. The lowest BCUT2D eigenvalue weighted by atomic mass is 9.84. The summed E-state index contributed by atoms with van der Waals surface area (Å²) in [4.78, 5) is 7.45. The number of nitrogens with zero attached hydrogens (tertiary/aromatic N) is 1. The topological polar surface area (TPSA) is 28.7 Å². The maximum absolute atomic E-state index is 6.34. The summed E-state index contributed by atoms with van der Waals surface area (Å²) in [5, 5.41) is 1.90. The molecule has 17 heavy (non-hydrogen) atoms. The van der Waals surface area contributed by atoms with Crippen LogP contribution in [0.5, 0.6) is 0 Å². The highest BCUT2D eigenvalue weighted by atomic mass is 35.5. The van der Waals surface area contributed by atoms with E-state index in [1.54, 1.807) is 6.20 Å². The number of nitrogens with one attached hydrogen (secondary N) is 1. The van der Waals surface area contributed by atoms with Gasteiger partial charge in [0, 0.05) is 23.3 Å². The Balaban J connectivity index is 2.25.